The van der Waals surface area contributed by atoms with E-state index in [1.807, 2.05) is 30.3 Å². The van der Waals surface area contributed by atoms with Crippen molar-refractivity contribution in [2.24, 2.45) is 17.8 Å². The highest BCUT2D eigenvalue weighted by Gasteiger charge is 2.44. The number of ether oxygens (including phenoxy) is 1. The number of amides is 1. The smallest absolute Gasteiger partial charge is 0.410 e. The second-order valence-corrected chi connectivity index (χ2v) is 6.22. The van der Waals surface area contributed by atoms with Crippen molar-refractivity contribution in [3.63, 3.8) is 0 Å². The van der Waals surface area contributed by atoms with Crippen molar-refractivity contribution < 1.29 is 19.4 Å². The predicted molar refractivity (Wildman–Crippen MR) is 80.2 cm³/mol. The maximum Gasteiger partial charge on any atom is 0.410 e. The first-order valence-electron chi connectivity index (χ1n) is 7.83. The van der Waals surface area contributed by atoms with Gasteiger partial charge in [0.2, 0.25) is 0 Å². The Morgan fingerprint density at radius 1 is 1.18 bits per heavy atom. The Hall–Kier alpha value is -2.04. The quantitative estimate of drug-likeness (QED) is 0.932. The Bertz CT molecular complexity index is 545. The van der Waals surface area contributed by atoms with Gasteiger partial charge in [-0.05, 0) is 36.7 Å². The molecule has 0 spiro atoms. The van der Waals surface area contributed by atoms with Crippen LogP contribution in [-0.4, -0.2) is 35.2 Å². The van der Waals surface area contributed by atoms with Crippen LogP contribution in [0.25, 0.3) is 0 Å². The van der Waals surface area contributed by atoms with Crippen LogP contribution in [0, 0.1) is 17.8 Å². The third-order valence-corrected chi connectivity index (χ3v) is 4.95. The summed E-state index contributed by atoms with van der Waals surface area (Å²) in [6.07, 6.45) is 2.25. The van der Waals surface area contributed by atoms with Gasteiger partial charge in [0, 0.05) is 13.1 Å². The fourth-order valence-electron chi connectivity index (χ4n) is 3.74. The molecule has 22 heavy (non-hydrogen) atoms. The second kappa shape index (κ2) is 6.38. The molecule has 1 saturated carbocycles. The molecule has 3 rings (SSSR count). The van der Waals surface area contributed by atoms with Crippen LogP contribution in [0.4, 0.5) is 4.79 Å². The summed E-state index contributed by atoms with van der Waals surface area (Å²) < 4.78 is 5.35. The van der Waals surface area contributed by atoms with E-state index < -0.39 is 5.97 Å². The molecular formula is C17H21NO4. The van der Waals surface area contributed by atoms with Gasteiger partial charge in [-0.15, -0.1) is 0 Å². The third-order valence-electron chi connectivity index (χ3n) is 4.95. The Kier molecular flexibility index (Phi) is 4.32. The minimum Gasteiger partial charge on any atom is -0.481 e. The number of carboxylic acid groups (broad SMARTS) is 1. The number of hydrogen-bond acceptors (Lipinski definition) is 3. The standard InChI is InChI=1S/C17H21NO4/c19-16(20)14-7-6-13-8-9-18(10-15(13)14)17(21)22-11-12-4-2-1-3-5-12/h1-5,13-15H,6-11H2,(H,19,20)/t13-,14-,15+/m0/s1. The lowest BCUT2D eigenvalue weighted by Crippen LogP contribution is -2.45. The summed E-state index contributed by atoms with van der Waals surface area (Å²) in [6.45, 7) is 1.43. The van der Waals surface area contributed by atoms with E-state index in [2.05, 4.69) is 0 Å². The molecule has 1 aliphatic heterocycles. The van der Waals surface area contributed by atoms with Crippen molar-refractivity contribution >= 4 is 12.1 Å². The number of likely N-dealkylation sites (tertiary alicyclic amines) is 1. The number of nitrogens with zero attached hydrogens (tertiary/aromatic N) is 1. The van der Waals surface area contributed by atoms with Crippen molar-refractivity contribution in [2.75, 3.05) is 13.1 Å². The molecule has 5 nitrogen and oxygen atoms in total. The van der Waals surface area contributed by atoms with E-state index >= 15 is 0 Å². The molecule has 0 aromatic heterocycles. The lowest BCUT2D eigenvalue weighted by Gasteiger charge is -2.35. The molecule has 1 amide bonds. The molecule has 0 unspecified atom stereocenters. The normalized spacial score (nSPS) is 27.3. The predicted octanol–water partition coefficient (Wildman–Crippen LogP) is 2.76. The minimum atomic E-state index is -0.730. The number of aliphatic carboxylic acids is 1. The van der Waals surface area contributed by atoms with E-state index in [9.17, 15) is 14.7 Å². The molecule has 118 valence electrons. The number of benzene rings is 1. The van der Waals surface area contributed by atoms with Gasteiger partial charge in [0.1, 0.15) is 6.61 Å². The van der Waals surface area contributed by atoms with Crippen LogP contribution >= 0.6 is 0 Å². The maximum absolute atomic E-state index is 12.2. The van der Waals surface area contributed by atoms with E-state index in [0.29, 0.717) is 19.0 Å². The third kappa shape index (κ3) is 3.08. The van der Waals surface area contributed by atoms with Gasteiger partial charge >= 0.3 is 12.1 Å². The average molecular weight is 303 g/mol. The Labute approximate surface area is 129 Å². The summed E-state index contributed by atoms with van der Waals surface area (Å²) in [7, 11) is 0. The van der Waals surface area contributed by atoms with Gasteiger partial charge in [-0.1, -0.05) is 30.3 Å². The summed E-state index contributed by atoms with van der Waals surface area (Å²) in [6, 6.07) is 9.56. The van der Waals surface area contributed by atoms with Crippen LogP contribution < -0.4 is 0 Å². The van der Waals surface area contributed by atoms with Crippen LogP contribution in [0.2, 0.25) is 0 Å². The molecule has 0 radical (unpaired) electrons. The fourth-order valence-corrected chi connectivity index (χ4v) is 3.74. The Morgan fingerprint density at radius 2 is 1.95 bits per heavy atom. The topological polar surface area (TPSA) is 66.8 Å². The van der Waals surface area contributed by atoms with Crippen molar-refractivity contribution in [1.29, 1.82) is 0 Å². The zero-order chi connectivity index (χ0) is 15.5. The Balaban J connectivity index is 1.56. The van der Waals surface area contributed by atoms with E-state index in [4.69, 9.17) is 4.74 Å². The van der Waals surface area contributed by atoms with E-state index in [-0.39, 0.29) is 24.5 Å². The number of carbonyl (C=O) groups is 2. The highest BCUT2D eigenvalue weighted by molar-refractivity contribution is 5.71. The maximum atomic E-state index is 12.2. The lowest BCUT2D eigenvalue weighted by molar-refractivity contribution is -0.143. The van der Waals surface area contributed by atoms with Gasteiger partial charge in [-0.25, -0.2) is 4.79 Å². The molecule has 5 heteroatoms. The number of carbonyl (C=O) groups excluding carboxylic acids is 1. The Morgan fingerprint density at radius 3 is 2.68 bits per heavy atom. The molecule has 1 aromatic rings. The van der Waals surface area contributed by atoms with Gasteiger partial charge in [-0.3, -0.25) is 4.79 Å². The molecular weight excluding hydrogens is 282 g/mol. The zero-order valence-corrected chi connectivity index (χ0v) is 12.5. The summed E-state index contributed by atoms with van der Waals surface area (Å²) in [5, 5.41) is 9.29. The summed E-state index contributed by atoms with van der Waals surface area (Å²) >= 11 is 0. The largest absolute Gasteiger partial charge is 0.481 e. The van der Waals surface area contributed by atoms with E-state index in [1.165, 1.54) is 0 Å². The monoisotopic (exact) mass is 303 g/mol. The lowest BCUT2D eigenvalue weighted by atomic mass is 9.84. The van der Waals surface area contributed by atoms with Gasteiger partial charge in [0.25, 0.3) is 0 Å². The second-order valence-electron chi connectivity index (χ2n) is 6.22. The van der Waals surface area contributed by atoms with Crippen LogP contribution in [-0.2, 0) is 16.1 Å². The molecule has 0 bridgehead atoms. The molecule has 1 heterocycles. The molecule has 1 aromatic carbocycles. The van der Waals surface area contributed by atoms with Crippen molar-refractivity contribution in [1.82, 2.24) is 4.90 Å². The van der Waals surface area contributed by atoms with Crippen LogP contribution in [0.5, 0.6) is 0 Å². The molecule has 1 aliphatic carbocycles. The van der Waals surface area contributed by atoms with Gasteiger partial charge in [-0.2, -0.15) is 0 Å². The zero-order valence-electron chi connectivity index (χ0n) is 12.5. The summed E-state index contributed by atoms with van der Waals surface area (Å²) in [5.41, 5.74) is 0.954. The number of rotatable bonds is 3. The molecule has 2 aliphatic rings. The number of carboxylic acids is 1. The first kappa shape index (κ1) is 14.9. The van der Waals surface area contributed by atoms with Gasteiger partial charge in [0.15, 0.2) is 0 Å². The molecule has 2 fully saturated rings. The van der Waals surface area contributed by atoms with Crippen LogP contribution in [0.3, 0.4) is 0 Å². The highest BCUT2D eigenvalue weighted by atomic mass is 16.6. The van der Waals surface area contributed by atoms with Crippen LogP contribution in [0.1, 0.15) is 24.8 Å². The van der Waals surface area contributed by atoms with Gasteiger partial charge in [0.05, 0.1) is 5.92 Å². The number of piperidine rings is 1. The number of hydrogen-bond donors (Lipinski definition) is 1. The first-order valence-corrected chi connectivity index (χ1v) is 7.83. The van der Waals surface area contributed by atoms with Crippen molar-refractivity contribution in [3.8, 4) is 0 Å². The SMILES string of the molecule is O=C(O)[C@H]1CC[C@H]2CCN(C(=O)OCc3ccccc3)C[C@H]21. The first-order chi connectivity index (χ1) is 10.6. The molecule has 3 atom stereocenters. The van der Waals surface area contributed by atoms with E-state index in [0.717, 1.165) is 24.8 Å². The van der Waals surface area contributed by atoms with Gasteiger partial charge < -0.3 is 14.7 Å². The minimum absolute atomic E-state index is 0.0792. The molecule has 1 N–H and O–H groups in total. The fraction of sp³-hybridized carbons (Fsp3) is 0.529. The molecule has 1 saturated heterocycles. The van der Waals surface area contributed by atoms with Crippen LogP contribution in [0.15, 0.2) is 30.3 Å². The van der Waals surface area contributed by atoms with E-state index in [1.54, 1.807) is 4.90 Å². The summed E-state index contributed by atoms with van der Waals surface area (Å²) in [4.78, 5) is 25.2. The summed E-state index contributed by atoms with van der Waals surface area (Å²) in [5.74, 6) is -0.517. The average Bonchev–Trinajstić information content (AvgIpc) is 2.96. The highest BCUT2D eigenvalue weighted by Crippen LogP contribution is 2.42. The van der Waals surface area contributed by atoms with Crippen molar-refractivity contribution in [2.45, 2.75) is 25.9 Å². The van der Waals surface area contributed by atoms with Crippen molar-refractivity contribution in [3.05, 3.63) is 35.9 Å². The number of fused-ring (bicyclic) bond motifs is 1.